The molecule has 0 bridgehead atoms. The second-order valence-corrected chi connectivity index (χ2v) is 2.75. The lowest BCUT2D eigenvalue weighted by atomic mass is 9.91. The number of carbonyl (C=O) groups is 1. The molecule has 0 rings (SSSR count). The Hall–Kier alpha value is -0.440. The van der Waals surface area contributed by atoms with Crippen LogP contribution in [0.15, 0.2) is 0 Å². The molecule has 2 nitrogen and oxygen atoms in total. The van der Waals surface area contributed by atoms with Crippen LogP contribution in [0.2, 0.25) is 0 Å². The minimum atomic E-state index is -2.15. The van der Waals surface area contributed by atoms with Gasteiger partial charge in [-0.3, -0.25) is 4.79 Å². The summed E-state index contributed by atoms with van der Waals surface area (Å²) in [4.78, 5) is 9.94. The molecule has 9 heavy (non-hydrogen) atoms. The number of hydrogen-bond donors (Lipinski definition) is 1. The SMILES string of the molecule is CC(C)(O)C(C)(F)C=O. The maximum Gasteiger partial charge on any atom is 0.190 e. The highest BCUT2D eigenvalue weighted by atomic mass is 19.1. The predicted molar refractivity (Wildman–Crippen MR) is 31.9 cm³/mol. The number of aliphatic hydroxyl groups is 1. The first-order valence-corrected chi connectivity index (χ1v) is 2.69. The zero-order valence-corrected chi connectivity index (χ0v) is 5.81. The lowest BCUT2D eigenvalue weighted by molar-refractivity contribution is -0.132. The van der Waals surface area contributed by atoms with E-state index in [1.807, 2.05) is 0 Å². The van der Waals surface area contributed by atoms with Crippen molar-refractivity contribution in [2.75, 3.05) is 0 Å². The molecule has 0 radical (unpaired) electrons. The molecule has 0 aliphatic rings. The molecule has 3 heteroatoms. The first-order chi connectivity index (χ1) is 3.81. The molecular formula is C6H11FO2. The Bertz CT molecular complexity index is 113. The van der Waals surface area contributed by atoms with E-state index >= 15 is 0 Å². The monoisotopic (exact) mass is 134 g/mol. The first kappa shape index (κ1) is 8.56. The van der Waals surface area contributed by atoms with Crippen LogP contribution in [-0.2, 0) is 4.79 Å². The van der Waals surface area contributed by atoms with E-state index in [4.69, 9.17) is 5.11 Å². The Morgan fingerprint density at radius 2 is 1.78 bits per heavy atom. The van der Waals surface area contributed by atoms with Crippen molar-refractivity contribution in [1.82, 2.24) is 0 Å². The van der Waals surface area contributed by atoms with Gasteiger partial charge in [0.1, 0.15) is 0 Å². The highest BCUT2D eigenvalue weighted by Crippen LogP contribution is 2.22. The third-order valence-electron chi connectivity index (χ3n) is 1.42. The van der Waals surface area contributed by atoms with Crippen LogP contribution in [0.25, 0.3) is 0 Å². The molecule has 54 valence electrons. The Morgan fingerprint density at radius 1 is 1.44 bits per heavy atom. The molecule has 0 aromatic heterocycles. The van der Waals surface area contributed by atoms with Crippen LogP contribution >= 0.6 is 0 Å². The minimum absolute atomic E-state index is 0.104. The molecular weight excluding hydrogens is 123 g/mol. The first-order valence-electron chi connectivity index (χ1n) is 2.69. The number of alkyl halides is 1. The lowest BCUT2D eigenvalue weighted by Gasteiger charge is -2.27. The summed E-state index contributed by atoms with van der Waals surface area (Å²) in [6.07, 6.45) is 0.104. The van der Waals surface area contributed by atoms with E-state index < -0.39 is 11.3 Å². The van der Waals surface area contributed by atoms with Crippen molar-refractivity contribution in [1.29, 1.82) is 0 Å². The quantitative estimate of drug-likeness (QED) is 0.564. The van der Waals surface area contributed by atoms with Gasteiger partial charge in [0.15, 0.2) is 12.0 Å². The van der Waals surface area contributed by atoms with Crippen molar-refractivity contribution in [2.45, 2.75) is 32.0 Å². The third-order valence-corrected chi connectivity index (χ3v) is 1.42. The van der Waals surface area contributed by atoms with Gasteiger partial charge in [-0.1, -0.05) is 0 Å². The number of aldehydes is 1. The topological polar surface area (TPSA) is 37.3 Å². The summed E-state index contributed by atoms with van der Waals surface area (Å²) in [7, 11) is 0. The van der Waals surface area contributed by atoms with Crippen LogP contribution in [0.5, 0.6) is 0 Å². The molecule has 0 spiro atoms. The molecule has 1 N–H and O–H groups in total. The van der Waals surface area contributed by atoms with Gasteiger partial charge in [-0.2, -0.15) is 0 Å². The lowest BCUT2D eigenvalue weighted by Crippen LogP contribution is -2.45. The van der Waals surface area contributed by atoms with Gasteiger partial charge in [-0.15, -0.1) is 0 Å². The molecule has 1 unspecified atom stereocenters. The maximum atomic E-state index is 12.7. The van der Waals surface area contributed by atoms with Gasteiger partial charge in [-0.05, 0) is 20.8 Å². The summed E-state index contributed by atoms with van der Waals surface area (Å²) in [5.41, 5.74) is -3.73. The summed E-state index contributed by atoms with van der Waals surface area (Å²) >= 11 is 0. The Balaban J connectivity index is 4.32. The van der Waals surface area contributed by atoms with Gasteiger partial charge in [0.25, 0.3) is 0 Å². The zero-order chi connectivity index (χ0) is 7.71. The van der Waals surface area contributed by atoms with E-state index in [2.05, 4.69) is 0 Å². The summed E-state index contributed by atoms with van der Waals surface area (Å²) in [5.74, 6) is 0. The molecule has 0 fully saturated rings. The summed E-state index contributed by atoms with van der Waals surface area (Å²) < 4.78 is 12.7. The van der Waals surface area contributed by atoms with Gasteiger partial charge in [0.2, 0.25) is 0 Å². The number of rotatable bonds is 2. The molecule has 0 heterocycles. The van der Waals surface area contributed by atoms with E-state index in [-0.39, 0.29) is 6.29 Å². The summed E-state index contributed by atoms with van der Waals surface area (Å²) in [6.45, 7) is 3.54. The average Bonchev–Trinajstić information content (AvgIpc) is 1.64. The number of hydrogen-bond acceptors (Lipinski definition) is 2. The fourth-order valence-electron chi connectivity index (χ4n) is 0.144. The van der Waals surface area contributed by atoms with Crippen LogP contribution < -0.4 is 0 Å². The molecule has 0 saturated carbocycles. The van der Waals surface area contributed by atoms with E-state index in [1.54, 1.807) is 0 Å². The van der Waals surface area contributed by atoms with Crippen LogP contribution in [0, 0.1) is 0 Å². The van der Waals surface area contributed by atoms with E-state index in [9.17, 15) is 9.18 Å². The molecule has 1 atom stereocenters. The fourth-order valence-corrected chi connectivity index (χ4v) is 0.144. The average molecular weight is 134 g/mol. The Labute approximate surface area is 53.7 Å². The molecule has 0 aromatic rings. The third kappa shape index (κ3) is 1.75. The van der Waals surface area contributed by atoms with Crippen molar-refractivity contribution in [2.24, 2.45) is 0 Å². The standard InChI is InChI=1S/C6H11FO2/c1-5(2,9)6(3,7)4-8/h4,9H,1-3H3. The predicted octanol–water partition coefficient (Wildman–Crippen LogP) is 0.684. The second-order valence-electron chi connectivity index (χ2n) is 2.75. The smallest absolute Gasteiger partial charge is 0.190 e. The van der Waals surface area contributed by atoms with Crippen molar-refractivity contribution < 1.29 is 14.3 Å². The van der Waals surface area contributed by atoms with Gasteiger partial charge in [0, 0.05) is 0 Å². The molecule has 0 aliphatic carbocycles. The van der Waals surface area contributed by atoms with Gasteiger partial charge in [-0.25, -0.2) is 4.39 Å². The number of carbonyl (C=O) groups excluding carboxylic acids is 1. The van der Waals surface area contributed by atoms with Crippen molar-refractivity contribution in [3.63, 3.8) is 0 Å². The van der Waals surface area contributed by atoms with Crippen LogP contribution in [0.3, 0.4) is 0 Å². The Morgan fingerprint density at radius 3 is 1.78 bits per heavy atom. The highest BCUT2D eigenvalue weighted by molar-refractivity contribution is 5.63. The van der Waals surface area contributed by atoms with Crippen molar-refractivity contribution in [3.05, 3.63) is 0 Å². The van der Waals surface area contributed by atoms with E-state index in [1.165, 1.54) is 13.8 Å². The van der Waals surface area contributed by atoms with Crippen LogP contribution in [0.1, 0.15) is 20.8 Å². The minimum Gasteiger partial charge on any atom is -0.387 e. The highest BCUT2D eigenvalue weighted by Gasteiger charge is 2.39. The normalized spacial score (nSPS) is 18.8. The van der Waals surface area contributed by atoms with E-state index in [0.717, 1.165) is 6.92 Å². The fraction of sp³-hybridized carbons (Fsp3) is 0.833. The van der Waals surface area contributed by atoms with Gasteiger partial charge < -0.3 is 5.11 Å². The van der Waals surface area contributed by atoms with Crippen LogP contribution in [-0.4, -0.2) is 22.7 Å². The van der Waals surface area contributed by atoms with Crippen LogP contribution in [0.4, 0.5) is 4.39 Å². The largest absolute Gasteiger partial charge is 0.387 e. The second kappa shape index (κ2) is 2.06. The zero-order valence-electron chi connectivity index (χ0n) is 5.81. The van der Waals surface area contributed by atoms with Crippen molar-refractivity contribution in [3.8, 4) is 0 Å². The molecule has 0 amide bonds. The Kier molecular flexibility index (Phi) is 1.96. The molecule has 0 aliphatic heterocycles. The summed E-state index contributed by atoms with van der Waals surface area (Å²) in [5, 5.41) is 8.94. The molecule has 0 aromatic carbocycles. The molecule has 0 saturated heterocycles. The van der Waals surface area contributed by atoms with Gasteiger partial charge in [0.05, 0.1) is 5.60 Å². The maximum absolute atomic E-state index is 12.7. The number of halogens is 1. The van der Waals surface area contributed by atoms with Gasteiger partial charge >= 0.3 is 0 Å². The van der Waals surface area contributed by atoms with E-state index in [0.29, 0.717) is 0 Å². The van der Waals surface area contributed by atoms with Crippen molar-refractivity contribution >= 4 is 6.29 Å². The summed E-state index contributed by atoms with van der Waals surface area (Å²) in [6, 6.07) is 0.